The van der Waals surface area contributed by atoms with Gasteiger partial charge in [0.1, 0.15) is 17.6 Å². The molecule has 0 aliphatic carbocycles. The number of nitriles is 1. The lowest BCUT2D eigenvalue weighted by molar-refractivity contribution is 0.206. The largest absolute Gasteiger partial charge is 0.508 e. The van der Waals surface area contributed by atoms with Crippen molar-refractivity contribution in [2.45, 2.75) is 11.8 Å². The molecule has 0 amide bonds. The molecule has 1 aliphatic rings. The molecule has 1 aromatic heterocycles. The number of phenolic OH excluding ortho intramolecular Hbond substituents is 1. The van der Waals surface area contributed by atoms with Crippen molar-refractivity contribution in [3.05, 3.63) is 52.7 Å². The van der Waals surface area contributed by atoms with Gasteiger partial charge in [0.25, 0.3) is 0 Å². The number of nitrogens with zero attached hydrogens (tertiary/aromatic N) is 3. The first-order valence-corrected chi connectivity index (χ1v) is 7.67. The van der Waals surface area contributed by atoms with Gasteiger partial charge in [-0.15, -0.1) is 0 Å². The minimum absolute atomic E-state index is 0.0374. The van der Waals surface area contributed by atoms with Gasteiger partial charge in [-0.25, -0.2) is 4.98 Å². The van der Waals surface area contributed by atoms with Crippen LogP contribution >= 0.6 is 11.6 Å². The summed E-state index contributed by atoms with van der Waals surface area (Å²) in [5, 5.41) is 28.8. The maximum Gasteiger partial charge on any atom is 0.128 e. The van der Waals surface area contributed by atoms with Crippen molar-refractivity contribution in [2.24, 2.45) is 0 Å². The summed E-state index contributed by atoms with van der Waals surface area (Å²) in [6.07, 6.45) is 2.28. The fraction of sp³-hybridized carbons (Fsp3) is 0.294. The van der Waals surface area contributed by atoms with Crippen LogP contribution in [0.4, 0.5) is 5.82 Å². The van der Waals surface area contributed by atoms with Crippen molar-refractivity contribution < 1.29 is 10.2 Å². The lowest BCUT2D eigenvalue weighted by Crippen LogP contribution is -2.35. The van der Waals surface area contributed by atoms with E-state index in [1.165, 1.54) is 6.07 Å². The van der Waals surface area contributed by atoms with E-state index < -0.39 is 5.41 Å². The molecule has 1 fully saturated rings. The monoisotopic (exact) mass is 329 g/mol. The molecule has 118 valence electrons. The van der Waals surface area contributed by atoms with Crippen LogP contribution in [-0.2, 0) is 5.41 Å². The number of benzene rings is 1. The molecule has 2 heterocycles. The first kappa shape index (κ1) is 15.6. The van der Waals surface area contributed by atoms with Crippen LogP contribution in [0.5, 0.6) is 5.75 Å². The van der Waals surface area contributed by atoms with Crippen LogP contribution in [0, 0.1) is 11.3 Å². The Bertz CT molecular complexity index is 757. The molecule has 1 atom stereocenters. The summed E-state index contributed by atoms with van der Waals surface area (Å²) >= 11 is 6.27. The van der Waals surface area contributed by atoms with E-state index in [0.717, 1.165) is 24.3 Å². The third-order valence-corrected chi connectivity index (χ3v) is 4.69. The van der Waals surface area contributed by atoms with Gasteiger partial charge < -0.3 is 15.1 Å². The number of aliphatic hydroxyl groups excluding tert-OH is 1. The number of aromatic nitrogens is 1. The van der Waals surface area contributed by atoms with Crippen molar-refractivity contribution in [1.29, 1.82) is 5.26 Å². The molecule has 0 saturated carbocycles. The normalized spacial score (nSPS) is 20.5. The van der Waals surface area contributed by atoms with E-state index in [0.29, 0.717) is 17.1 Å². The average molecular weight is 330 g/mol. The maximum atomic E-state index is 10.00. The van der Waals surface area contributed by atoms with E-state index in [2.05, 4.69) is 9.88 Å². The zero-order valence-corrected chi connectivity index (χ0v) is 13.2. The van der Waals surface area contributed by atoms with E-state index in [1.807, 2.05) is 12.1 Å². The lowest BCUT2D eigenvalue weighted by Gasteiger charge is -2.29. The van der Waals surface area contributed by atoms with E-state index >= 15 is 0 Å². The van der Waals surface area contributed by atoms with Gasteiger partial charge in [0.15, 0.2) is 0 Å². The molecule has 2 aromatic rings. The summed E-state index contributed by atoms with van der Waals surface area (Å²) in [5.74, 6) is 0.879. The van der Waals surface area contributed by atoms with Gasteiger partial charge in [0.2, 0.25) is 0 Å². The van der Waals surface area contributed by atoms with Crippen molar-refractivity contribution in [2.75, 3.05) is 24.6 Å². The molecule has 1 saturated heterocycles. The molecule has 0 spiro atoms. The molecule has 3 rings (SSSR count). The van der Waals surface area contributed by atoms with Crippen LogP contribution in [-0.4, -0.2) is 34.9 Å². The molecular formula is C17H16ClN3O2. The van der Waals surface area contributed by atoms with Crippen LogP contribution in [0.25, 0.3) is 0 Å². The van der Waals surface area contributed by atoms with Crippen LogP contribution in [0.1, 0.15) is 17.5 Å². The molecule has 1 aromatic carbocycles. The summed E-state index contributed by atoms with van der Waals surface area (Å²) in [5.41, 5.74) is 0.860. The van der Waals surface area contributed by atoms with Crippen LogP contribution in [0.2, 0.25) is 5.02 Å². The Kier molecular flexibility index (Phi) is 4.12. The Morgan fingerprint density at radius 2 is 2.17 bits per heavy atom. The Morgan fingerprint density at radius 3 is 2.78 bits per heavy atom. The number of hydrogen-bond donors (Lipinski definition) is 2. The highest BCUT2D eigenvalue weighted by Crippen LogP contribution is 2.40. The smallest absolute Gasteiger partial charge is 0.128 e. The van der Waals surface area contributed by atoms with Gasteiger partial charge in [-0.2, -0.15) is 5.26 Å². The number of anilines is 1. The molecule has 2 N–H and O–H groups in total. The second-order valence-corrected chi connectivity index (χ2v) is 6.20. The standard InChI is InChI=1S/C17H16ClN3O2/c18-15-7-13(23)2-3-14(15)17(11-22)5-6-21(10-17)16-4-1-12(8-19)9-20-16/h1-4,7,9,22-23H,5-6,10-11H2. The minimum atomic E-state index is -0.486. The zero-order chi connectivity index (χ0) is 16.4. The van der Waals surface area contributed by atoms with E-state index in [1.54, 1.807) is 24.4 Å². The minimum Gasteiger partial charge on any atom is -0.508 e. The number of rotatable bonds is 3. The second kappa shape index (κ2) is 6.07. The van der Waals surface area contributed by atoms with Gasteiger partial charge in [-0.3, -0.25) is 0 Å². The SMILES string of the molecule is N#Cc1ccc(N2CCC(CO)(c3ccc(O)cc3Cl)C2)nc1. The van der Waals surface area contributed by atoms with Crippen molar-refractivity contribution >= 4 is 17.4 Å². The van der Waals surface area contributed by atoms with E-state index in [9.17, 15) is 10.2 Å². The Hall–Kier alpha value is -2.29. The van der Waals surface area contributed by atoms with Gasteiger partial charge in [-0.1, -0.05) is 17.7 Å². The Balaban J connectivity index is 1.89. The molecule has 5 nitrogen and oxygen atoms in total. The highest BCUT2D eigenvalue weighted by molar-refractivity contribution is 6.31. The summed E-state index contributed by atoms with van der Waals surface area (Å²) in [6, 6.07) is 10.4. The van der Waals surface area contributed by atoms with Crippen LogP contribution < -0.4 is 4.90 Å². The number of aliphatic hydroxyl groups is 1. The quantitative estimate of drug-likeness (QED) is 0.904. The Morgan fingerprint density at radius 1 is 1.35 bits per heavy atom. The molecule has 1 aliphatic heterocycles. The van der Waals surface area contributed by atoms with Crippen molar-refractivity contribution in [1.82, 2.24) is 4.98 Å². The van der Waals surface area contributed by atoms with Crippen LogP contribution in [0.3, 0.4) is 0 Å². The zero-order valence-electron chi connectivity index (χ0n) is 12.4. The molecule has 23 heavy (non-hydrogen) atoms. The third-order valence-electron chi connectivity index (χ3n) is 4.38. The highest BCUT2D eigenvalue weighted by atomic mass is 35.5. The summed E-state index contributed by atoms with van der Waals surface area (Å²) in [6.45, 7) is 1.27. The van der Waals surface area contributed by atoms with E-state index in [4.69, 9.17) is 16.9 Å². The topological polar surface area (TPSA) is 80.4 Å². The molecule has 0 bridgehead atoms. The molecular weight excluding hydrogens is 314 g/mol. The van der Waals surface area contributed by atoms with Gasteiger partial charge in [0.05, 0.1) is 12.2 Å². The number of pyridine rings is 1. The van der Waals surface area contributed by atoms with E-state index in [-0.39, 0.29) is 12.4 Å². The molecule has 0 radical (unpaired) electrons. The fourth-order valence-electron chi connectivity index (χ4n) is 3.08. The summed E-state index contributed by atoms with van der Waals surface area (Å²) < 4.78 is 0. The predicted molar refractivity (Wildman–Crippen MR) is 87.7 cm³/mol. The van der Waals surface area contributed by atoms with Gasteiger partial charge in [-0.05, 0) is 36.2 Å². The molecule has 6 heteroatoms. The Labute approximate surface area is 139 Å². The third kappa shape index (κ3) is 2.83. The summed E-state index contributed by atoms with van der Waals surface area (Å²) in [4.78, 5) is 6.38. The van der Waals surface area contributed by atoms with Gasteiger partial charge in [0, 0.05) is 29.7 Å². The number of hydrogen-bond acceptors (Lipinski definition) is 5. The predicted octanol–water partition coefficient (Wildman–Crippen LogP) is 2.45. The first-order valence-electron chi connectivity index (χ1n) is 7.29. The molecule has 1 unspecified atom stereocenters. The van der Waals surface area contributed by atoms with Crippen molar-refractivity contribution in [3.63, 3.8) is 0 Å². The average Bonchev–Trinajstić information content (AvgIpc) is 3.00. The fourth-order valence-corrected chi connectivity index (χ4v) is 3.45. The summed E-state index contributed by atoms with van der Waals surface area (Å²) in [7, 11) is 0. The number of phenols is 1. The van der Waals surface area contributed by atoms with Crippen molar-refractivity contribution in [3.8, 4) is 11.8 Å². The second-order valence-electron chi connectivity index (χ2n) is 5.79. The lowest BCUT2D eigenvalue weighted by atomic mass is 9.80. The highest BCUT2D eigenvalue weighted by Gasteiger charge is 2.41. The number of halogens is 1. The number of aromatic hydroxyl groups is 1. The van der Waals surface area contributed by atoms with Crippen LogP contribution in [0.15, 0.2) is 36.5 Å². The first-order chi connectivity index (χ1) is 11.1. The maximum absolute atomic E-state index is 10.00. The van der Waals surface area contributed by atoms with Gasteiger partial charge >= 0.3 is 0 Å².